The predicted molar refractivity (Wildman–Crippen MR) is 87.9 cm³/mol. The zero-order valence-corrected chi connectivity index (χ0v) is 14.3. The smallest absolute Gasteiger partial charge is 0.0982 e. The van der Waals surface area contributed by atoms with Gasteiger partial charge in [0.05, 0.1) is 10.7 Å². The van der Waals surface area contributed by atoms with Crippen LogP contribution in [0.2, 0.25) is 0 Å². The van der Waals surface area contributed by atoms with E-state index in [0.29, 0.717) is 0 Å². The number of piperidine rings is 1. The predicted octanol–water partition coefficient (Wildman–Crippen LogP) is 3.05. The van der Waals surface area contributed by atoms with Crippen molar-refractivity contribution in [2.24, 2.45) is 5.92 Å². The second kappa shape index (κ2) is 6.30. The maximum Gasteiger partial charge on any atom is 0.0982 e. The largest absolute Gasteiger partial charge is 0.314 e. The molecule has 0 radical (unpaired) electrons. The average molecular weight is 316 g/mol. The summed E-state index contributed by atoms with van der Waals surface area (Å²) in [5, 5.41) is 7.14. The van der Waals surface area contributed by atoms with Crippen LogP contribution in [0.5, 0.6) is 0 Å². The van der Waals surface area contributed by atoms with Gasteiger partial charge in [-0.1, -0.05) is 20.8 Å². The van der Waals surface area contributed by atoms with Crippen molar-refractivity contribution in [3.05, 3.63) is 16.1 Å². The number of thiazole rings is 1. The zero-order chi connectivity index (χ0) is 13.5. The highest BCUT2D eigenvalue weighted by atomic mass is 35.5. The maximum absolute atomic E-state index is 4.82. The molecule has 2 saturated heterocycles. The Kier molecular flexibility index (Phi) is 5.11. The molecule has 1 aromatic rings. The van der Waals surface area contributed by atoms with Gasteiger partial charge in [-0.2, -0.15) is 0 Å². The van der Waals surface area contributed by atoms with Gasteiger partial charge in [-0.15, -0.1) is 23.7 Å². The first-order valence-corrected chi connectivity index (χ1v) is 8.31. The second-order valence-corrected chi connectivity index (χ2v) is 7.89. The van der Waals surface area contributed by atoms with Crippen LogP contribution >= 0.6 is 23.7 Å². The number of likely N-dealkylation sites (tertiary alicyclic amines) is 1. The molecule has 0 aromatic carbocycles. The van der Waals surface area contributed by atoms with Crippen LogP contribution in [0.3, 0.4) is 0 Å². The Labute approximate surface area is 132 Å². The highest BCUT2D eigenvalue weighted by Crippen LogP contribution is 2.28. The first-order chi connectivity index (χ1) is 9.02. The Morgan fingerprint density at radius 3 is 2.90 bits per heavy atom. The van der Waals surface area contributed by atoms with E-state index in [9.17, 15) is 0 Å². The second-order valence-electron chi connectivity index (χ2n) is 7.03. The lowest BCUT2D eigenvalue weighted by atomic mass is 9.93. The Balaban J connectivity index is 0.00000147. The van der Waals surface area contributed by atoms with Gasteiger partial charge < -0.3 is 5.32 Å². The fraction of sp³-hybridized carbons (Fsp3) is 0.800. The number of hydrogen-bond acceptors (Lipinski definition) is 4. The Bertz CT molecular complexity index is 441. The number of hydrogen-bond donors (Lipinski definition) is 1. The number of fused-ring (bicyclic) bond motifs is 1. The monoisotopic (exact) mass is 315 g/mol. The molecule has 2 aliphatic heterocycles. The normalized spacial score (nSPS) is 27.1. The van der Waals surface area contributed by atoms with Crippen LogP contribution in [0.25, 0.3) is 0 Å². The number of nitrogens with zero attached hydrogens (tertiary/aromatic N) is 2. The highest BCUT2D eigenvalue weighted by Gasteiger charge is 2.32. The van der Waals surface area contributed by atoms with Gasteiger partial charge in [0, 0.05) is 36.5 Å². The lowest BCUT2D eigenvalue weighted by Gasteiger charge is -2.34. The van der Waals surface area contributed by atoms with E-state index in [2.05, 4.69) is 36.4 Å². The van der Waals surface area contributed by atoms with E-state index in [1.165, 1.54) is 43.2 Å². The van der Waals surface area contributed by atoms with E-state index in [4.69, 9.17) is 4.98 Å². The van der Waals surface area contributed by atoms with Gasteiger partial charge in [0.2, 0.25) is 0 Å². The quantitative estimate of drug-likeness (QED) is 0.909. The molecule has 5 heteroatoms. The SMILES string of the molecule is CC(C)(C)c1nc(CN2CCC3NCCC3C2)cs1.Cl. The summed E-state index contributed by atoms with van der Waals surface area (Å²) in [7, 11) is 0. The molecule has 0 saturated carbocycles. The van der Waals surface area contributed by atoms with Gasteiger partial charge >= 0.3 is 0 Å². The molecular formula is C15H26ClN3S. The minimum atomic E-state index is 0. The van der Waals surface area contributed by atoms with Gasteiger partial charge in [-0.3, -0.25) is 4.90 Å². The summed E-state index contributed by atoms with van der Waals surface area (Å²) in [6.07, 6.45) is 2.66. The van der Waals surface area contributed by atoms with Crippen molar-refractivity contribution >= 4 is 23.7 Å². The van der Waals surface area contributed by atoms with Crippen molar-refractivity contribution in [2.45, 2.75) is 51.6 Å². The Hall–Kier alpha value is -0.160. The molecule has 2 unspecified atom stereocenters. The topological polar surface area (TPSA) is 28.2 Å². The third-order valence-corrected chi connectivity index (χ3v) is 5.64. The van der Waals surface area contributed by atoms with Crippen LogP contribution in [-0.2, 0) is 12.0 Å². The van der Waals surface area contributed by atoms with Crippen LogP contribution in [0, 0.1) is 5.92 Å². The molecule has 2 fully saturated rings. The molecule has 2 aliphatic rings. The van der Waals surface area contributed by atoms with Gasteiger partial charge in [0.15, 0.2) is 0 Å². The molecule has 2 atom stereocenters. The average Bonchev–Trinajstić information content (AvgIpc) is 2.95. The first kappa shape index (κ1) is 16.2. The van der Waals surface area contributed by atoms with Crippen LogP contribution in [0.15, 0.2) is 5.38 Å². The van der Waals surface area contributed by atoms with Gasteiger partial charge in [0.1, 0.15) is 0 Å². The van der Waals surface area contributed by atoms with E-state index in [-0.39, 0.29) is 17.8 Å². The highest BCUT2D eigenvalue weighted by molar-refractivity contribution is 7.09. The van der Waals surface area contributed by atoms with E-state index >= 15 is 0 Å². The van der Waals surface area contributed by atoms with Crippen LogP contribution in [-0.4, -0.2) is 35.6 Å². The van der Waals surface area contributed by atoms with E-state index in [1.807, 2.05) is 11.3 Å². The summed E-state index contributed by atoms with van der Waals surface area (Å²) in [4.78, 5) is 7.42. The van der Waals surface area contributed by atoms with E-state index in [1.54, 1.807) is 0 Å². The van der Waals surface area contributed by atoms with Crippen LogP contribution in [0.1, 0.15) is 44.3 Å². The molecule has 0 amide bonds. The summed E-state index contributed by atoms with van der Waals surface area (Å²) in [5.41, 5.74) is 1.45. The number of aromatic nitrogens is 1. The first-order valence-electron chi connectivity index (χ1n) is 7.43. The standard InChI is InChI=1S/C15H25N3S.ClH/c1-15(2,3)14-17-12(10-19-14)9-18-7-5-13-11(8-18)4-6-16-13;/h10-11,13,16H,4-9H2,1-3H3;1H. The zero-order valence-electron chi connectivity index (χ0n) is 12.7. The number of nitrogens with one attached hydrogen (secondary N) is 1. The van der Waals surface area contributed by atoms with Crippen molar-refractivity contribution in [2.75, 3.05) is 19.6 Å². The third-order valence-electron chi connectivity index (χ3n) is 4.32. The summed E-state index contributed by atoms with van der Waals surface area (Å²) in [6.45, 7) is 11.4. The summed E-state index contributed by atoms with van der Waals surface area (Å²) >= 11 is 1.81. The summed E-state index contributed by atoms with van der Waals surface area (Å²) < 4.78 is 0. The molecule has 0 bridgehead atoms. The minimum Gasteiger partial charge on any atom is -0.314 e. The number of rotatable bonds is 2. The van der Waals surface area contributed by atoms with Gasteiger partial charge in [-0.25, -0.2) is 4.98 Å². The van der Waals surface area contributed by atoms with E-state index in [0.717, 1.165) is 18.5 Å². The lowest BCUT2D eigenvalue weighted by Crippen LogP contribution is -2.43. The van der Waals surface area contributed by atoms with Crippen LogP contribution < -0.4 is 5.32 Å². The van der Waals surface area contributed by atoms with Crippen molar-refractivity contribution in [1.82, 2.24) is 15.2 Å². The third kappa shape index (κ3) is 3.53. The van der Waals surface area contributed by atoms with Gasteiger partial charge in [0.25, 0.3) is 0 Å². The molecule has 1 aromatic heterocycles. The summed E-state index contributed by atoms with van der Waals surface area (Å²) in [5.74, 6) is 0.870. The van der Waals surface area contributed by atoms with Gasteiger partial charge in [-0.05, 0) is 25.3 Å². The Morgan fingerprint density at radius 1 is 1.40 bits per heavy atom. The molecular weight excluding hydrogens is 290 g/mol. The molecule has 3 nitrogen and oxygen atoms in total. The van der Waals surface area contributed by atoms with Crippen LogP contribution in [0.4, 0.5) is 0 Å². The lowest BCUT2D eigenvalue weighted by molar-refractivity contribution is 0.154. The van der Waals surface area contributed by atoms with Crippen molar-refractivity contribution in [3.8, 4) is 0 Å². The molecule has 114 valence electrons. The minimum absolute atomic E-state index is 0. The fourth-order valence-electron chi connectivity index (χ4n) is 3.22. The summed E-state index contributed by atoms with van der Waals surface area (Å²) in [6, 6.07) is 0.789. The van der Waals surface area contributed by atoms with Crippen molar-refractivity contribution in [3.63, 3.8) is 0 Å². The molecule has 20 heavy (non-hydrogen) atoms. The van der Waals surface area contributed by atoms with E-state index < -0.39 is 0 Å². The molecule has 3 heterocycles. The fourth-order valence-corrected chi connectivity index (χ4v) is 4.12. The van der Waals surface area contributed by atoms with Crippen molar-refractivity contribution < 1.29 is 0 Å². The maximum atomic E-state index is 4.82. The molecule has 1 N–H and O–H groups in total. The van der Waals surface area contributed by atoms with Crippen molar-refractivity contribution in [1.29, 1.82) is 0 Å². The Morgan fingerprint density at radius 2 is 2.20 bits per heavy atom. The number of halogens is 1. The molecule has 0 aliphatic carbocycles. The molecule has 3 rings (SSSR count). The molecule has 0 spiro atoms.